The summed E-state index contributed by atoms with van der Waals surface area (Å²) in [5.41, 5.74) is 1.89. The molecule has 1 aromatic carbocycles. The van der Waals surface area contributed by atoms with Crippen LogP contribution >= 0.6 is 11.6 Å². The van der Waals surface area contributed by atoms with E-state index in [-0.39, 0.29) is 10.8 Å². The van der Waals surface area contributed by atoms with Crippen molar-refractivity contribution < 1.29 is 19.0 Å². The van der Waals surface area contributed by atoms with Crippen molar-refractivity contribution in [3.8, 4) is 11.5 Å². The first-order valence-corrected chi connectivity index (χ1v) is 8.30. The number of nitrogens with zero attached hydrogens (tertiary/aromatic N) is 1. The van der Waals surface area contributed by atoms with Gasteiger partial charge in [0.2, 0.25) is 0 Å². The predicted molar refractivity (Wildman–Crippen MR) is 86.6 cm³/mol. The first kappa shape index (κ1) is 15.4. The minimum absolute atomic E-state index is 0.0491. The summed E-state index contributed by atoms with van der Waals surface area (Å²) >= 11 is 6.03. The minimum Gasteiger partial charge on any atom is -0.478 e. The number of hydrogen-bond donors (Lipinski definition) is 1. The van der Waals surface area contributed by atoms with E-state index in [4.69, 9.17) is 21.4 Å². The molecule has 4 nitrogen and oxygen atoms in total. The molecule has 0 saturated heterocycles. The molecule has 0 unspecified atom stereocenters. The molecule has 4 rings (SSSR count). The summed E-state index contributed by atoms with van der Waals surface area (Å²) in [4.78, 5) is 15.5. The molecular formula is C18H15ClFNO3. The highest BCUT2D eigenvalue weighted by Crippen LogP contribution is 2.49. The maximum Gasteiger partial charge on any atom is 0.338 e. The van der Waals surface area contributed by atoms with E-state index in [9.17, 15) is 9.18 Å². The number of carboxylic acids is 1. The van der Waals surface area contributed by atoms with E-state index in [0.717, 1.165) is 30.7 Å². The predicted octanol–water partition coefficient (Wildman–Crippen LogP) is 5.12. The second kappa shape index (κ2) is 5.74. The lowest BCUT2D eigenvalue weighted by Crippen LogP contribution is -2.01. The zero-order valence-corrected chi connectivity index (χ0v) is 13.5. The van der Waals surface area contributed by atoms with Crippen molar-refractivity contribution in [2.24, 2.45) is 0 Å². The molecule has 1 N–H and O–H groups in total. The molecule has 0 spiro atoms. The van der Waals surface area contributed by atoms with Crippen LogP contribution in [0.5, 0.6) is 11.5 Å². The number of aromatic nitrogens is 1. The van der Waals surface area contributed by atoms with Gasteiger partial charge in [-0.1, -0.05) is 11.6 Å². The van der Waals surface area contributed by atoms with E-state index >= 15 is 0 Å². The number of aromatic carboxylic acids is 1. The number of carbonyl (C=O) groups is 1. The van der Waals surface area contributed by atoms with Gasteiger partial charge in [-0.05, 0) is 49.3 Å². The number of pyridine rings is 1. The molecule has 2 aliphatic carbocycles. The maximum atomic E-state index is 13.8. The zero-order valence-electron chi connectivity index (χ0n) is 12.8. The zero-order chi connectivity index (χ0) is 16.8. The molecule has 2 fully saturated rings. The fourth-order valence-corrected chi connectivity index (χ4v) is 3.05. The maximum absolute atomic E-state index is 13.8. The first-order valence-electron chi connectivity index (χ1n) is 7.93. The molecule has 24 heavy (non-hydrogen) atoms. The summed E-state index contributed by atoms with van der Waals surface area (Å²) < 4.78 is 19.5. The van der Waals surface area contributed by atoms with Crippen molar-refractivity contribution in [1.29, 1.82) is 0 Å². The highest BCUT2D eigenvalue weighted by Gasteiger charge is 2.34. The van der Waals surface area contributed by atoms with Gasteiger partial charge >= 0.3 is 5.97 Å². The molecule has 0 radical (unpaired) electrons. The summed E-state index contributed by atoms with van der Waals surface area (Å²) in [6, 6.07) is 4.01. The van der Waals surface area contributed by atoms with Crippen molar-refractivity contribution in [2.75, 3.05) is 0 Å². The molecule has 0 atom stereocenters. The van der Waals surface area contributed by atoms with Gasteiger partial charge in [0, 0.05) is 17.7 Å². The topological polar surface area (TPSA) is 59.4 Å². The number of ether oxygens (including phenoxy) is 1. The van der Waals surface area contributed by atoms with Crippen molar-refractivity contribution in [1.82, 2.24) is 4.98 Å². The summed E-state index contributed by atoms with van der Waals surface area (Å²) in [6.45, 7) is 0. The Bertz CT molecular complexity index is 831. The Labute approximate surface area is 143 Å². The summed E-state index contributed by atoms with van der Waals surface area (Å²) in [6.07, 6.45) is 6.31. The third-order valence-corrected chi connectivity index (χ3v) is 4.68. The largest absolute Gasteiger partial charge is 0.478 e. The van der Waals surface area contributed by atoms with Gasteiger partial charge in [-0.15, -0.1) is 0 Å². The number of halogens is 2. The Kier molecular flexibility index (Phi) is 3.68. The number of rotatable bonds is 5. The van der Waals surface area contributed by atoms with Gasteiger partial charge in [0.15, 0.2) is 0 Å². The quantitative estimate of drug-likeness (QED) is 0.815. The van der Waals surface area contributed by atoms with Gasteiger partial charge in [-0.3, -0.25) is 4.98 Å². The van der Waals surface area contributed by atoms with Crippen LogP contribution in [0.3, 0.4) is 0 Å². The molecular weight excluding hydrogens is 333 g/mol. The van der Waals surface area contributed by atoms with Crippen LogP contribution in [-0.4, -0.2) is 16.1 Å². The molecule has 2 aliphatic rings. The first-order chi connectivity index (χ1) is 11.5. The minimum atomic E-state index is -1.37. The SMILES string of the molecule is O=C(O)c1cc(Cl)c(Oc2cnc(C3CC3)c(C3CC3)c2)cc1F. The van der Waals surface area contributed by atoms with Crippen molar-refractivity contribution in [3.05, 3.63) is 52.1 Å². The number of benzene rings is 1. The molecule has 2 aromatic rings. The monoisotopic (exact) mass is 347 g/mol. The van der Waals surface area contributed by atoms with Crippen LogP contribution in [0.15, 0.2) is 24.4 Å². The van der Waals surface area contributed by atoms with Crippen LogP contribution in [0.4, 0.5) is 4.39 Å². The third-order valence-electron chi connectivity index (χ3n) is 4.39. The Morgan fingerprint density at radius 2 is 1.92 bits per heavy atom. The summed E-state index contributed by atoms with van der Waals surface area (Å²) in [7, 11) is 0. The van der Waals surface area contributed by atoms with E-state index < -0.39 is 17.3 Å². The van der Waals surface area contributed by atoms with Crippen LogP contribution in [0.2, 0.25) is 5.02 Å². The van der Waals surface area contributed by atoms with E-state index in [1.165, 1.54) is 18.4 Å². The average molecular weight is 348 g/mol. The highest BCUT2D eigenvalue weighted by atomic mass is 35.5. The van der Waals surface area contributed by atoms with Crippen molar-refractivity contribution in [3.63, 3.8) is 0 Å². The lowest BCUT2D eigenvalue weighted by Gasteiger charge is -2.12. The molecule has 0 amide bonds. The normalized spacial score (nSPS) is 16.9. The Morgan fingerprint density at radius 1 is 1.21 bits per heavy atom. The fraction of sp³-hybridized carbons (Fsp3) is 0.333. The Morgan fingerprint density at radius 3 is 2.54 bits per heavy atom. The molecule has 2 saturated carbocycles. The summed E-state index contributed by atoms with van der Waals surface area (Å²) in [5.74, 6) is -0.573. The smallest absolute Gasteiger partial charge is 0.338 e. The van der Waals surface area contributed by atoms with E-state index in [0.29, 0.717) is 17.6 Å². The molecule has 1 aromatic heterocycles. The van der Waals surface area contributed by atoms with Crippen LogP contribution < -0.4 is 4.74 Å². The van der Waals surface area contributed by atoms with E-state index in [1.54, 1.807) is 6.20 Å². The van der Waals surface area contributed by atoms with E-state index in [2.05, 4.69) is 4.98 Å². The molecule has 124 valence electrons. The number of carboxylic acid groups (broad SMARTS) is 1. The van der Waals surface area contributed by atoms with Gasteiger partial charge in [-0.25, -0.2) is 9.18 Å². The van der Waals surface area contributed by atoms with Gasteiger partial charge in [-0.2, -0.15) is 0 Å². The van der Waals surface area contributed by atoms with Gasteiger partial charge in [0.25, 0.3) is 0 Å². The van der Waals surface area contributed by atoms with Crippen molar-refractivity contribution >= 4 is 17.6 Å². The Balaban J connectivity index is 1.64. The van der Waals surface area contributed by atoms with Gasteiger partial charge in [0.1, 0.15) is 17.3 Å². The van der Waals surface area contributed by atoms with Crippen LogP contribution in [0.1, 0.15) is 59.1 Å². The average Bonchev–Trinajstić information content (AvgIpc) is 3.42. The molecule has 0 bridgehead atoms. The molecule has 6 heteroatoms. The standard InChI is InChI=1S/C18H15ClFNO3/c19-14-6-13(18(22)23)15(20)7-16(14)24-11-5-12(9-1-2-9)17(21-8-11)10-3-4-10/h5-10H,1-4H2,(H,22,23). The van der Waals surface area contributed by atoms with Gasteiger partial charge < -0.3 is 9.84 Å². The third kappa shape index (κ3) is 2.96. The second-order valence-corrected chi connectivity index (χ2v) is 6.77. The second-order valence-electron chi connectivity index (χ2n) is 6.36. The molecule has 1 heterocycles. The van der Waals surface area contributed by atoms with E-state index in [1.807, 2.05) is 6.07 Å². The van der Waals surface area contributed by atoms with Crippen LogP contribution in [-0.2, 0) is 0 Å². The van der Waals surface area contributed by atoms with Crippen molar-refractivity contribution in [2.45, 2.75) is 37.5 Å². The van der Waals surface area contributed by atoms with Gasteiger partial charge in [0.05, 0.1) is 16.8 Å². The Hall–Kier alpha value is -2.14. The van der Waals surface area contributed by atoms with Crippen LogP contribution in [0, 0.1) is 5.82 Å². The summed E-state index contributed by atoms with van der Waals surface area (Å²) in [5, 5.41) is 8.96. The molecule has 0 aliphatic heterocycles. The fourth-order valence-electron chi connectivity index (χ4n) is 2.84. The van der Waals surface area contributed by atoms with Crippen LogP contribution in [0.25, 0.3) is 0 Å². The lowest BCUT2D eigenvalue weighted by molar-refractivity contribution is 0.0692. The lowest BCUT2D eigenvalue weighted by atomic mass is 10.1. The number of hydrogen-bond acceptors (Lipinski definition) is 3. The highest BCUT2D eigenvalue weighted by molar-refractivity contribution is 6.32.